The largest absolute Gasteiger partial charge is 0.497 e. The molecule has 0 bridgehead atoms. The standard InChI is InChI=1S/C8H9O5P/c1-13-7-2-3-8(14(10,11)12)6(4-7)5-9/h2-5H,1H3,(H2,10,11,12). The van der Waals surface area contributed by atoms with Gasteiger partial charge >= 0.3 is 7.60 Å². The molecule has 0 amide bonds. The molecule has 1 rings (SSSR count). The van der Waals surface area contributed by atoms with E-state index in [1.807, 2.05) is 0 Å². The van der Waals surface area contributed by atoms with Crippen LogP contribution in [0.1, 0.15) is 10.4 Å². The molecule has 0 aliphatic heterocycles. The Labute approximate surface area is 80.5 Å². The summed E-state index contributed by atoms with van der Waals surface area (Å²) in [6.45, 7) is 0. The van der Waals surface area contributed by atoms with Crippen molar-refractivity contribution in [2.45, 2.75) is 0 Å². The highest BCUT2D eigenvalue weighted by molar-refractivity contribution is 7.60. The van der Waals surface area contributed by atoms with E-state index in [4.69, 9.17) is 14.5 Å². The molecule has 0 heterocycles. The zero-order chi connectivity index (χ0) is 10.8. The SMILES string of the molecule is COc1ccc(P(=O)(O)O)c(C=O)c1. The summed E-state index contributed by atoms with van der Waals surface area (Å²) in [5.74, 6) is 0.379. The molecule has 0 aromatic heterocycles. The van der Waals surface area contributed by atoms with Crippen LogP contribution in [0.3, 0.4) is 0 Å². The van der Waals surface area contributed by atoms with E-state index in [0.717, 1.165) is 0 Å². The molecule has 0 atom stereocenters. The lowest BCUT2D eigenvalue weighted by molar-refractivity contribution is 0.112. The third-order valence-electron chi connectivity index (χ3n) is 1.68. The minimum absolute atomic E-state index is 0.0577. The van der Waals surface area contributed by atoms with Crippen LogP contribution in [0.2, 0.25) is 0 Å². The fourth-order valence-corrected chi connectivity index (χ4v) is 1.74. The molecule has 0 aliphatic rings. The molecule has 76 valence electrons. The number of ether oxygens (including phenoxy) is 1. The van der Waals surface area contributed by atoms with Gasteiger partial charge in [0.15, 0.2) is 6.29 Å². The Morgan fingerprint density at radius 1 is 1.43 bits per heavy atom. The summed E-state index contributed by atoms with van der Waals surface area (Å²) < 4.78 is 15.7. The lowest BCUT2D eigenvalue weighted by Crippen LogP contribution is -2.10. The lowest BCUT2D eigenvalue weighted by Gasteiger charge is -2.07. The van der Waals surface area contributed by atoms with E-state index in [9.17, 15) is 9.36 Å². The van der Waals surface area contributed by atoms with E-state index in [1.54, 1.807) is 0 Å². The number of benzene rings is 1. The molecule has 2 N–H and O–H groups in total. The number of carbonyl (C=O) groups is 1. The minimum atomic E-state index is -4.39. The Kier molecular flexibility index (Phi) is 3.06. The number of hydrogen-bond donors (Lipinski definition) is 2. The summed E-state index contributed by atoms with van der Waals surface area (Å²) in [5, 5.41) is -0.284. The summed E-state index contributed by atoms with van der Waals surface area (Å²) in [5.41, 5.74) is -0.0577. The second kappa shape index (κ2) is 3.92. The summed E-state index contributed by atoms with van der Waals surface area (Å²) in [6.07, 6.45) is 0.386. The van der Waals surface area contributed by atoms with Gasteiger partial charge in [0.05, 0.1) is 12.4 Å². The molecule has 0 spiro atoms. The van der Waals surface area contributed by atoms with E-state index < -0.39 is 7.60 Å². The zero-order valence-electron chi connectivity index (χ0n) is 7.38. The van der Waals surface area contributed by atoms with E-state index >= 15 is 0 Å². The van der Waals surface area contributed by atoms with Gasteiger partial charge in [0.25, 0.3) is 0 Å². The van der Waals surface area contributed by atoms with Crippen LogP contribution in [0.15, 0.2) is 18.2 Å². The summed E-state index contributed by atoms with van der Waals surface area (Å²) in [4.78, 5) is 28.3. The molecular formula is C8H9O5P. The quantitative estimate of drug-likeness (QED) is 0.561. The number of rotatable bonds is 3. The van der Waals surface area contributed by atoms with E-state index in [-0.39, 0.29) is 10.9 Å². The monoisotopic (exact) mass is 216 g/mol. The molecule has 6 heteroatoms. The fourth-order valence-electron chi connectivity index (χ4n) is 1.02. The van der Waals surface area contributed by atoms with Gasteiger partial charge in [-0.25, -0.2) is 0 Å². The Morgan fingerprint density at radius 3 is 2.50 bits per heavy atom. The molecule has 0 aliphatic carbocycles. The van der Waals surface area contributed by atoms with Gasteiger partial charge in [-0.05, 0) is 18.2 Å². The average molecular weight is 216 g/mol. The molecule has 0 fully saturated rings. The lowest BCUT2D eigenvalue weighted by atomic mass is 10.2. The molecule has 14 heavy (non-hydrogen) atoms. The average Bonchev–Trinajstić information content (AvgIpc) is 2.15. The topological polar surface area (TPSA) is 83.8 Å². The predicted molar refractivity (Wildman–Crippen MR) is 50.1 cm³/mol. The maximum absolute atomic E-state index is 10.9. The second-order valence-electron chi connectivity index (χ2n) is 2.59. The number of carbonyl (C=O) groups excluding carboxylic acids is 1. The van der Waals surface area contributed by atoms with Crippen molar-refractivity contribution in [2.75, 3.05) is 7.11 Å². The molecule has 1 aromatic carbocycles. The Balaban J connectivity index is 3.33. The third-order valence-corrected chi connectivity index (χ3v) is 2.71. The first-order valence-corrected chi connectivity index (χ1v) is 5.29. The van der Waals surface area contributed by atoms with Crippen molar-refractivity contribution in [1.82, 2.24) is 0 Å². The van der Waals surface area contributed by atoms with E-state index in [0.29, 0.717) is 12.0 Å². The van der Waals surface area contributed by atoms with Crippen LogP contribution in [0.4, 0.5) is 0 Å². The first-order chi connectivity index (χ1) is 6.49. The molecule has 0 radical (unpaired) electrons. The van der Waals surface area contributed by atoms with Crippen LogP contribution in [-0.4, -0.2) is 23.2 Å². The first-order valence-electron chi connectivity index (χ1n) is 3.68. The highest BCUT2D eigenvalue weighted by atomic mass is 31.2. The van der Waals surface area contributed by atoms with Crippen LogP contribution in [-0.2, 0) is 4.57 Å². The first kappa shape index (κ1) is 10.9. The third kappa shape index (κ3) is 2.20. The van der Waals surface area contributed by atoms with E-state index in [2.05, 4.69) is 0 Å². The van der Waals surface area contributed by atoms with Crippen LogP contribution in [0.5, 0.6) is 5.75 Å². The molecule has 1 aromatic rings. The van der Waals surface area contributed by atoms with Gasteiger partial charge in [0.1, 0.15) is 5.75 Å². The number of methoxy groups -OCH3 is 1. The summed E-state index contributed by atoms with van der Waals surface area (Å²) >= 11 is 0. The van der Waals surface area contributed by atoms with Crippen molar-refractivity contribution in [1.29, 1.82) is 0 Å². The van der Waals surface area contributed by atoms with Crippen LogP contribution in [0.25, 0.3) is 0 Å². The maximum Gasteiger partial charge on any atom is 0.356 e. The summed E-state index contributed by atoms with van der Waals surface area (Å²) in [6, 6.07) is 3.85. The van der Waals surface area contributed by atoms with Crippen molar-refractivity contribution < 1.29 is 23.9 Å². The minimum Gasteiger partial charge on any atom is -0.497 e. The van der Waals surface area contributed by atoms with Crippen LogP contribution in [0, 0.1) is 0 Å². The normalized spacial score (nSPS) is 11.1. The van der Waals surface area contributed by atoms with Gasteiger partial charge in [0, 0.05) is 5.56 Å². The number of aldehydes is 1. The second-order valence-corrected chi connectivity index (χ2v) is 4.16. The van der Waals surface area contributed by atoms with Crippen molar-refractivity contribution >= 4 is 19.2 Å². The molecule has 0 saturated carbocycles. The van der Waals surface area contributed by atoms with Crippen molar-refractivity contribution in [3.8, 4) is 5.75 Å². The fraction of sp³-hybridized carbons (Fsp3) is 0.125. The van der Waals surface area contributed by atoms with Gasteiger partial charge in [-0.1, -0.05) is 0 Å². The van der Waals surface area contributed by atoms with Gasteiger partial charge < -0.3 is 14.5 Å². The van der Waals surface area contributed by atoms with Gasteiger partial charge in [-0.2, -0.15) is 0 Å². The zero-order valence-corrected chi connectivity index (χ0v) is 8.27. The maximum atomic E-state index is 10.9. The highest BCUT2D eigenvalue weighted by Gasteiger charge is 2.21. The van der Waals surface area contributed by atoms with Gasteiger partial charge in [0.2, 0.25) is 0 Å². The smallest absolute Gasteiger partial charge is 0.356 e. The van der Waals surface area contributed by atoms with E-state index in [1.165, 1.54) is 25.3 Å². The highest BCUT2D eigenvalue weighted by Crippen LogP contribution is 2.35. The Bertz CT molecular complexity index is 395. The predicted octanol–water partition coefficient (Wildman–Crippen LogP) is 0.311. The number of hydrogen-bond acceptors (Lipinski definition) is 3. The van der Waals surface area contributed by atoms with Crippen molar-refractivity contribution in [2.24, 2.45) is 0 Å². The molecular weight excluding hydrogens is 207 g/mol. The van der Waals surface area contributed by atoms with Gasteiger partial charge in [-0.15, -0.1) is 0 Å². The summed E-state index contributed by atoms with van der Waals surface area (Å²) in [7, 11) is -2.99. The van der Waals surface area contributed by atoms with Crippen molar-refractivity contribution in [3.63, 3.8) is 0 Å². The van der Waals surface area contributed by atoms with Crippen LogP contribution < -0.4 is 10.0 Å². The Hall–Kier alpha value is -1.16. The van der Waals surface area contributed by atoms with Crippen LogP contribution >= 0.6 is 7.60 Å². The molecule has 0 unspecified atom stereocenters. The molecule has 5 nitrogen and oxygen atoms in total. The molecule has 0 saturated heterocycles. The van der Waals surface area contributed by atoms with Gasteiger partial charge in [-0.3, -0.25) is 9.36 Å². The Morgan fingerprint density at radius 2 is 2.07 bits per heavy atom. The van der Waals surface area contributed by atoms with Crippen molar-refractivity contribution in [3.05, 3.63) is 23.8 Å².